The van der Waals surface area contributed by atoms with Crippen LogP contribution in [0.3, 0.4) is 0 Å². The van der Waals surface area contributed by atoms with E-state index in [2.05, 4.69) is 228 Å². The van der Waals surface area contributed by atoms with Gasteiger partial charge in [-0.2, -0.15) is 0 Å². The number of rotatable bonds is 6. The third-order valence-corrected chi connectivity index (χ3v) is 12.0. The number of furan rings is 1. The van der Waals surface area contributed by atoms with Gasteiger partial charge in [0.1, 0.15) is 11.2 Å². The topological polar surface area (TPSA) is 21.3 Å². The number of aromatic nitrogens is 1. The van der Waals surface area contributed by atoms with Gasteiger partial charge in [-0.25, -0.2) is 0 Å². The zero-order valence-corrected chi connectivity index (χ0v) is 32.1. The van der Waals surface area contributed by atoms with Crippen molar-refractivity contribution < 1.29 is 4.42 Å². The van der Waals surface area contributed by atoms with Gasteiger partial charge < -0.3 is 13.9 Å². The zero-order valence-electron chi connectivity index (χ0n) is 32.1. The van der Waals surface area contributed by atoms with Gasteiger partial charge in [0.25, 0.3) is 0 Å². The fraction of sp³-hybridized carbons (Fsp3) is 0. The van der Waals surface area contributed by atoms with E-state index in [0.29, 0.717) is 0 Å². The van der Waals surface area contributed by atoms with Gasteiger partial charge >= 0.3 is 0 Å². The number of hydrogen-bond donors (Lipinski definition) is 0. The van der Waals surface area contributed by atoms with Crippen LogP contribution in [-0.2, 0) is 0 Å². The van der Waals surface area contributed by atoms with Crippen molar-refractivity contribution in [1.29, 1.82) is 0 Å². The molecule has 59 heavy (non-hydrogen) atoms. The summed E-state index contributed by atoms with van der Waals surface area (Å²) in [4.78, 5) is 2.39. The van der Waals surface area contributed by atoms with E-state index in [1.54, 1.807) is 0 Å². The molecular formula is C56H36N2O. The summed E-state index contributed by atoms with van der Waals surface area (Å²) < 4.78 is 9.26. The predicted molar refractivity (Wildman–Crippen MR) is 249 cm³/mol. The van der Waals surface area contributed by atoms with E-state index in [4.69, 9.17) is 4.42 Å². The lowest BCUT2D eigenvalue weighted by Crippen LogP contribution is -2.10. The van der Waals surface area contributed by atoms with E-state index in [0.717, 1.165) is 61.4 Å². The van der Waals surface area contributed by atoms with Gasteiger partial charge in [0.05, 0.1) is 16.7 Å². The molecule has 0 radical (unpaired) electrons. The molecule has 12 aromatic rings. The summed E-state index contributed by atoms with van der Waals surface area (Å²) in [6.07, 6.45) is 0. The van der Waals surface area contributed by atoms with E-state index in [1.165, 1.54) is 48.9 Å². The summed E-state index contributed by atoms with van der Waals surface area (Å²) in [6.45, 7) is 0. The summed E-state index contributed by atoms with van der Waals surface area (Å²) in [5.74, 6) is 0. The van der Waals surface area contributed by atoms with E-state index in [9.17, 15) is 0 Å². The fourth-order valence-electron chi connectivity index (χ4n) is 9.35. The minimum absolute atomic E-state index is 0.868. The second kappa shape index (κ2) is 13.4. The quantitative estimate of drug-likeness (QED) is 0.158. The Kier molecular flexibility index (Phi) is 7.54. The highest BCUT2D eigenvalue weighted by Gasteiger charge is 2.23. The largest absolute Gasteiger partial charge is 0.455 e. The van der Waals surface area contributed by atoms with Crippen LogP contribution in [0.5, 0.6) is 0 Å². The van der Waals surface area contributed by atoms with Crippen LogP contribution < -0.4 is 4.90 Å². The number of fused-ring (bicyclic) bond motifs is 9. The molecule has 0 aliphatic carbocycles. The molecule has 3 nitrogen and oxygen atoms in total. The number of anilines is 3. The highest BCUT2D eigenvalue weighted by atomic mass is 16.3. The van der Waals surface area contributed by atoms with Crippen molar-refractivity contribution in [3.8, 4) is 27.9 Å². The van der Waals surface area contributed by atoms with Crippen LogP contribution in [0.1, 0.15) is 0 Å². The van der Waals surface area contributed by atoms with Gasteiger partial charge in [-0.1, -0.05) is 158 Å². The predicted octanol–water partition coefficient (Wildman–Crippen LogP) is 15.8. The summed E-state index contributed by atoms with van der Waals surface area (Å²) in [7, 11) is 0. The van der Waals surface area contributed by atoms with Crippen LogP contribution in [0.2, 0.25) is 0 Å². The van der Waals surface area contributed by atoms with E-state index in [1.807, 2.05) is 0 Å². The molecule has 276 valence electrons. The minimum atomic E-state index is 0.868. The van der Waals surface area contributed by atoms with Crippen LogP contribution in [0, 0.1) is 0 Å². The molecule has 0 N–H and O–H groups in total. The van der Waals surface area contributed by atoms with Gasteiger partial charge in [0, 0.05) is 49.7 Å². The third-order valence-electron chi connectivity index (χ3n) is 12.0. The Labute approximate surface area is 341 Å². The monoisotopic (exact) mass is 752 g/mol. The van der Waals surface area contributed by atoms with Crippen molar-refractivity contribution in [2.75, 3.05) is 4.90 Å². The van der Waals surface area contributed by atoms with Crippen molar-refractivity contribution in [3.05, 3.63) is 218 Å². The third kappa shape index (κ3) is 5.29. The van der Waals surface area contributed by atoms with E-state index in [-0.39, 0.29) is 0 Å². The van der Waals surface area contributed by atoms with Crippen LogP contribution in [0.15, 0.2) is 223 Å². The molecular weight excluding hydrogens is 717 g/mol. The second-order valence-corrected chi connectivity index (χ2v) is 15.3. The summed E-state index contributed by atoms with van der Waals surface area (Å²) in [6, 6.07) is 78.7. The Morgan fingerprint density at radius 2 is 0.966 bits per heavy atom. The second-order valence-electron chi connectivity index (χ2n) is 15.3. The van der Waals surface area contributed by atoms with Gasteiger partial charge in [-0.15, -0.1) is 0 Å². The van der Waals surface area contributed by atoms with Crippen molar-refractivity contribution in [3.63, 3.8) is 0 Å². The molecule has 0 aliphatic heterocycles. The first kappa shape index (κ1) is 33.3. The Morgan fingerprint density at radius 1 is 0.339 bits per heavy atom. The van der Waals surface area contributed by atoms with Gasteiger partial charge in [-0.05, 0) is 93.3 Å². The first-order valence-electron chi connectivity index (χ1n) is 20.2. The first-order chi connectivity index (χ1) is 29.3. The highest BCUT2D eigenvalue weighted by Crippen LogP contribution is 2.46. The molecule has 0 amide bonds. The number of nitrogens with zero attached hydrogens (tertiary/aromatic N) is 2. The SMILES string of the molecule is c1ccc(N(c2cccc(-c3cccc4c3ccc3ccccc34)c2)c2cc(-c3ccccc3-n3c4ccccc4c4ccccc43)c3oc4ccccc4c3c2)cc1. The number of benzene rings is 10. The lowest BCUT2D eigenvalue weighted by molar-refractivity contribution is 0.670. The van der Waals surface area contributed by atoms with Gasteiger partial charge in [0.15, 0.2) is 0 Å². The Hall–Kier alpha value is -7.88. The molecule has 0 bridgehead atoms. The molecule has 0 atom stereocenters. The smallest absolute Gasteiger partial charge is 0.143 e. The molecule has 2 aromatic heterocycles. The molecule has 3 heteroatoms. The average Bonchev–Trinajstić information content (AvgIpc) is 3.85. The van der Waals surface area contributed by atoms with Crippen LogP contribution in [0.4, 0.5) is 17.1 Å². The zero-order chi connectivity index (χ0) is 38.9. The maximum Gasteiger partial charge on any atom is 0.143 e. The van der Waals surface area contributed by atoms with Crippen LogP contribution in [-0.4, -0.2) is 4.57 Å². The van der Waals surface area contributed by atoms with E-state index < -0.39 is 0 Å². The average molecular weight is 753 g/mol. The molecule has 0 saturated carbocycles. The Balaban J connectivity index is 1.11. The molecule has 2 heterocycles. The molecule has 10 aromatic carbocycles. The van der Waals surface area contributed by atoms with Crippen molar-refractivity contribution in [1.82, 2.24) is 4.57 Å². The summed E-state index contributed by atoms with van der Waals surface area (Å²) >= 11 is 0. The number of para-hydroxylation sites is 5. The van der Waals surface area contributed by atoms with E-state index >= 15 is 0 Å². The molecule has 0 aliphatic rings. The Bertz CT molecular complexity index is 3520. The molecule has 0 saturated heterocycles. The van der Waals surface area contributed by atoms with Gasteiger partial charge in [0.2, 0.25) is 0 Å². The Morgan fingerprint density at radius 3 is 1.80 bits per heavy atom. The van der Waals surface area contributed by atoms with Crippen molar-refractivity contribution in [2.24, 2.45) is 0 Å². The normalized spacial score (nSPS) is 11.7. The maximum absolute atomic E-state index is 6.85. The highest BCUT2D eigenvalue weighted by molar-refractivity contribution is 6.15. The molecule has 12 rings (SSSR count). The molecule has 0 fully saturated rings. The summed E-state index contributed by atoms with van der Waals surface area (Å²) in [5, 5.41) is 9.64. The molecule has 0 unspecified atom stereocenters. The first-order valence-corrected chi connectivity index (χ1v) is 20.2. The standard InChI is InChI=1S/C56H36N2O/c1-2-18-39(19-3-1)57(40-20-14-17-38(34-40)43-26-15-27-44-42-21-5-4-16-37(42)32-33-45(43)44)41-35-50(56-51(36-41)49-25-9-13-31-55(49)59-56)48-24-8-12-30-54(48)58-52-28-10-6-22-46(52)47-23-7-11-29-53(47)58/h1-36H. The van der Waals surface area contributed by atoms with Crippen LogP contribution >= 0.6 is 0 Å². The van der Waals surface area contributed by atoms with Crippen molar-refractivity contribution in [2.45, 2.75) is 0 Å². The number of hydrogen-bond acceptors (Lipinski definition) is 2. The lowest BCUT2D eigenvalue weighted by Gasteiger charge is -2.27. The summed E-state index contributed by atoms with van der Waals surface area (Å²) in [5.41, 5.74) is 12.9. The fourth-order valence-corrected chi connectivity index (χ4v) is 9.35. The van der Waals surface area contributed by atoms with Crippen LogP contribution in [0.25, 0.3) is 93.2 Å². The van der Waals surface area contributed by atoms with Gasteiger partial charge in [-0.3, -0.25) is 0 Å². The van der Waals surface area contributed by atoms with Crippen molar-refractivity contribution >= 4 is 82.4 Å². The lowest BCUT2D eigenvalue weighted by atomic mass is 9.94. The maximum atomic E-state index is 6.85. The minimum Gasteiger partial charge on any atom is -0.455 e. The molecule has 0 spiro atoms.